The lowest BCUT2D eigenvalue weighted by Crippen LogP contribution is -2.10. The fourth-order valence-corrected chi connectivity index (χ4v) is 2.45. The lowest BCUT2D eigenvalue weighted by molar-refractivity contribution is 0.624. The van der Waals surface area contributed by atoms with Gasteiger partial charge in [-0.05, 0) is 29.8 Å². The zero-order valence-corrected chi connectivity index (χ0v) is 9.36. The first-order valence-corrected chi connectivity index (χ1v) is 5.62. The van der Waals surface area contributed by atoms with E-state index in [0.29, 0.717) is 4.34 Å². The van der Waals surface area contributed by atoms with Gasteiger partial charge in [-0.15, -0.1) is 11.3 Å². The Morgan fingerprint density at radius 2 is 2.07 bits per heavy atom. The van der Waals surface area contributed by atoms with Gasteiger partial charge in [0.05, 0.1) is 10.4 Å². The third-order valence-corrected chi connectivity index (χ3v) is 3.42. The first-order valence-electron chi connectivity index (χ1n) is 4.43. The lowest BCUT2D eigenvalue weighted by atomic mass is 10.1. The molecule has 1 aromatic heterocycles. The molecule has 0 aliphatic carbocycles. The van der Waals surface area contributed by atoms with Crippen LogP contribution in [0.1, 0.15) is 16.5 Å². The van der Waals surface area contributed by atoms with E-state index >= 15 is 0 Å². The van der Waals surface area contributed by atoms with Gasteiger partial charge in [0.15, 0.2) is 0 Å². The summed E-state index contributed by atoms with van der Waals surface area (Å²) in [7, 11) is 0. The summed E-state index contributed by atoms with van der Waals surface area (Å²) < 4.78 is 13.7. The number of hydrogen-bond donors (Lipinski definition) is 1. The maximum atomic E-state index is 13.0. The standard InChI is InChI=1S/C11H9ClFNS/c12-10-5-4-9(15-10)11(14)7-2-1-3-8(13)6-7/h1-6,11H,14H2. The van der Waals surface area contributed by atoms with Crippen LogP contribution in [0, 0.1) is 5.82 Å². The summed E-state index contributed by atoms with van der Waals surface area (Å²) in [6, 6.07) is 9.65. The molecule has 0 fully saturated rings. The summed E-state index contributed by atoms with van der Waals surface area (Å²) in [4.78, 5) is 0.936. The maximum absolute atomic E-state index is 13.0. The van der Waals surface area contributed by atoms with Crippen molar-refractivity contribution in [1.82, 2.24) is 0 Å². The van der Waals surface area contributed by atoms with E-state index in [-0.39, 0.29) is 11.9 Å². The highest BCUT2D eigenvalue weighted by atomic mass is 35.5. The van der Waals surface area contributed by atoms with Gasteiger partial charge in [-0.3, -0.25) is 0 Å². The van der Waals surface area contributed by atoms with Crippen LogP contribution in [0.15, 0.2) is 36.4 Å². The number of benzene rings is 1. The first-order chi connectivity index (χ1) is 7.16. The molecular formula is C11H9ClFNS. The molecule has 0 aliphatic heterocycles. The summed E-state index contributed by atoms with van der Waals surface area (Å²) in [5, 5.41) is 0. The van der Waals surface area contributed by atoms with E-state index in [0.717, 1.165) is 10.4 Å². The molecule has 1 atom stereocenters. The van der Waals surface area contributed by atoms with Gasteiger partial charge in [-0.1, -0.05) is 23.7 Å². The van der Waals surface area contributed by atoms with Crippen molar-refractivity contribution in [3.63, 3.8) is 0 Å². The average Bonchev–Trinajstić information content (AvgIpc) is 2.64. The van der Waals surface area contributed by atoms with Crippen molar-refractivity contribution < 1.29 is 4.39 Å². The SMILES string of the molecule is NC(c1cccc(F)c1)c1ccc(Cl)s1. The van der Waals surface area contributed by atoms with Crippen molar-refractivity contribution in [2.45, 2.75) is 6.04 Å². The lowest BCUT2D eigenvalue weighted by Gasteiger charge is -2.09. The third kappa shape index (κ3) is 2.37. The quantitative estimate of drug-likeness (QED) is 0.855. The molecule has 0 radical (unpaired) electrons. The molecule has 0 aliphatic rings. The molecule has 2 rings (SSSR count). The van der Waals surface area contributed by atoms with E-state index in [2.05, 4.69) is 0 Å². The topological polar surface area (TPSA) is 26.0 Å². The van der Waals surface area contributed by atoms with Crippen molar-refractivity contribution >= 4 is 22.9 Å². The zero-order chi connectivity index (χ0) is 10.8. The van der Waals surface area contributed by atoms with Crippen molar-refractivity contribution in [2.24, 2.45) is 5.73 Å². The fraction of sp³-hybridized carbons (Fsp3) is 0.0909. The van der Waals surface area contributed by atoms with Crippen LogP contribution in [-0.4, -0.2) is 0 Å². The molecule has 1 unspecified atom stereocenters. The van der Waals surface area contributed by atoms with Crippen LogP contribution in [0.5, 0.6) is 0 Å². The molecule has 1 heterocycles. The van der Waals surface area contributed by atoms with Gasteiger partial charge < -0.3 is 5.73 Å². The van der Waals surface area contributed by atoms with Crippen LogP contribution < -0.4 is 5.73 Å². The van der Waals surface area contributed by atoms with Crippen LogP contribution in [0.3, 0.4) is 0 Å². The minimum Gasteiger partial charge on any atom is -0.320 e. The second-order valence-corrected chi connectivity index (χ2v) is 4.92. The van der Waals surface area contributed by atoms with Gasteiger partial charge >= 0.3 is 0 Å². The zero-order valence-electron chi connectivity index (χ0n) is 7.78. The Labute approximate surface area is 96.3 Å². The molecule has 2 N–H and O–H groups in total. The largest absolute Gasteiger partial charge is 0.320 e. The third-order valence-electron chi connectivity index (χ3n) is 2.11. The molecule has 0 amide bonds. The Hall–Kier alpha value is -0.900. The molecule has 0 saturated heterocycles. The van der Waals surface area contributed by atoms with E-state index in [1.807, 2.05) is 6.07 Å². The highest BCUT2D eigenvalue weighted by molar-refractivity contribution is 7.16. The number of thiophene rings is 1. The molecular weight excluding hydrogens is 233 g/mol. The van der Waals surface area contributed by atoms with Crippen LogP contribution in [-0.2, 0) is 0 Å². The van der Waals surface area contributed by atoms with Gasteiger partial charge in [0, 0.05) is 4.88 Å². The minimum atomic E-state index is -0.307. The predicted molar refractivity (Wildman–Crippen MR) is 61.8 cm³/mol. The number of hydrogen-bond acceptors (Lipinski definition) is 2. The van der Waals surface area contributed by atoms with Gasteiger partial charge in [-0.2, -0.15) is 0 Å². The smallest absolute Gasteiger partial charge is 0.123 e. The van der Waals surface area contributed by atoms with E-state index < -0.39 is 0 Å². The molecule has 4 heteroatoms. The van der Waals surface area contributed by atoms with Crippen LogP contribution in [0.2, 0.25) is 4.34 Å². The van der Waals surface area contributed by atoms with E-state index in [1.165, 1.54) is 23.5 Å². The molecule has 0 saturated carbocycles. The van der Waals surface area contributed by atoms with Gasteiger partial charge in [0.1, 0.15) is 5.82 Å². The molecule has 78 valence electrons. The van der Waals surface area contributed by atoms with E-state index in [1.54, 1.807) is 18.2 Å². The molecule has 0 bridgehead atoms. The summed E-state index contributed by atoms with van der Waals surface area (Å²) in [5.74, 6) is -0.273. The van der Waals surface area contributed by atoms with Gasteiger partial charge in [0.25, 0.3) is 0 Å². The second-order valence-electron chi connectivity index (χ2n) is 3.17. The number of halogens is 2. The van der Waals surface area contributed by atoms with Crippen molar-refractivity contribution in [3.8, 4) is 0 Å². The highest BCUT2D eigenvalue weighted by Crippen LogP contribution is 2.29. The average molecular weight is 242 g/mol. The van der Waals surface area contributed by atoms with Gasteiger partial charge in [0.2, 0.25) is 0 Å². The summed E-state index contributed by atoms with van der Waals surface area (Å²) in [5.41, 5.74) is 6.74. The normalized spacial score (nSPS) is 12.7. The van der Waals surface area contributed by atoms with Crippen molar-refractivity contribution in [2.75, 3.05) is 0 Å². The van der Waals surface area contributed by atoms with E-state index in [4.69, 9.17) is 17.3 Å². The summed E-state index contributed by atoms with van der Waals surface area (Å²) >= 11 is 7.23. The molecule has 0 spiro atoms. The monoisotopic (exact) mass is 241 g/mol. The summed E-state index contributed by atoms with van der Waals surface area (Å²) in [6.07, 6.45) is 0. The van der Waals surface area contributed by atoms with Crippen LogP contribution in [0.25, 0.3) is 0 Å². The minimum absolute atomic E-state index is 0.273. The van der Waals surface area contributed by atoms with Gasteiger partial charge in [-0.25, -0.2) is 4.39 Å². The Kier molecular flexibility index (Phi) is 3.05. The summed E-state index contributed by atoms with van der Waals surface area (Å²) in [6.45, 7) is 0. The molecule has 15 heavy (non-hydrogen) atoms. The molecule has 1 aromatic carbocycles. The second kappa shape index (κ2) is 4.31. The fourth-order valence-electron chi connectivity index (χ4n) is 1.36. The van der Waals surface area contributed by atoms with Crippen LogP contribution >= 0.6 is 22.9 Å². The van der Waals surface area contributed by atoms with Crippen molar-refractivity contribution in [1.29, 1.82) is 0 Å². The first kappa shape index (κ1) is 10.6. The Bertz CT molecular complexity index is 469. The molecule has 1 nitrogen and oxygen atoms in total. The Balaban J connectivity index is 2.32. The number of nitrogens with two attached hydrogens (primary N) is 1. The molecule has 2 aromatic rings. The maximum Gasteiger partial charge on any atom is 0.123 e. The highest BCUT2D eigenvalue weighted by Gasteiger charge is 2.11. The van der Waals surface area contributed by atoms with Crippen LogP contribution in [0.4, 0.5) is 4.39 Å². The Morgan fingerprint density at radius 1 is 1.27 bits per heavy atom. The predicted octanol–water partition coefficient (Wildman–Crippen LogP) is 3.59. The van der Waals surface area contributed by atoms with E-state index in [9.17, 15) is 4.39 Å². The van der Waals surface area contributed by atoms with Crippen molar-refractivity contribution in [3.05, 3.63) is 57.0 Å². The number of rotatable bonds is 2. The Morgan fingerprint density at radius 3 is 2.67 bits per heavy atom.